The normalized spacial score (nSPS) is 17.2. The van der Waals surface area contributed by atoms with Crippen molar-refractivity contribution in [3.8, 4) is 5.75 Å². The van der Waals surface area contributed by atoms with E-state index in [2.05, 4.69) is 44.8 Å². The van der Waals surface area contributed by atoms with E-state index in [0.29, 0.717) is 6.04 Å². The molecule has 1 atom stereocenters. The Hall–Kier alpha value is -2.77. The lowest BCUT2D eigenvalue weighted by molar-refractivity contribution is 0.408. The van der Waals surface area contributed by atoms with Gasteiger partial charge in [0.05, 0.1) is 12.8 Å². The monoisotopic (exact) mass is 399 g/mol. The molecule has 1 aromatic carbocycles. The number of hydrogen-bond donors (Lipinski definition) is 2. The molecular weight excluding hydrogens is 366 g/mol. The number of aryl methyl sites for hydroxylation is 1. The van der Waals surface area contributed by atoms with Gasteiger partial charge in [-0.15, -0.1) is 10.2 Å². The summed E-state index contributed by atoms with van der Waals surface area (Å²) in [7, 11) is 1.73. The number of unbranched alkanes of at least 4 members (excludes halogenated alkanes) is 1. The molecule has 3 rings (SSSR count). The first kappa shape index (κ1) is 21.0. The van der Waals surface area contributed by atoms with Gasteiger partial charge in [-0.2, -0.15) is 0 Å². The van der Waals surface area contributed by atoms with E-state index in [-0.39, 0.29) is 0 Å². The van der Waals surface area contributed by atoms with Crippen LogP contribution in [0.3, 0.4) is 0 Å². The van der Waals surface area contributed by atoms with E-state index in [1.165, 1.54) is 0 Å². The predicted octanol–water partition coefficient (Wildman–Crippen LogP) is 2.29. The molecule has 2 heterocycles. The number of ether oxygens (including phenoxy) is 1. The first-order valence-electron chi connectivity index (χ1n) is 10.6. The Kier molecular flexibility index (Phi) is 8.15. The van der Waals surface area contributed by atoms with Crippen molar-refractivity contribution in [1.82, 2.24) is 25.4 Å². The van der Waals surface area contributed by atoms with Crippen LogP contribution >= 0.6 is 0 Å². The van der Waals surface area contributed by atoms with Crippen LogP contribution in [0.4, 0.5) is 5.69 Å². The van der Waals surface area contributed by atoms with Crippen molar-refractivity contribution >= 4 is 11.6 Å². The van der Waals surface area contributed by atoms with E-state index in [1.807, 2.05) is 16.7 Å². The third kappa shape index (κ3) is 6.37. The molecular formula is C21H33N7O. The summed E-state index contributed by atoms with van der Waals surface area (Å²) in [6, 6.07) is 8.61. The van der Waals surface area contributed by atoms with E-state index in [1.54, 1.807) is 19.8 Å². The lowest BCUT2D eigenvalue weighted by Gasteiger charge is -2.36. The van der Waals surface area contributed by atoms with Crippen LogP contribution in [0, 0.1) is 0 Å². The molecule has 1 aromatic heterocycles. The number of methoxy groups -OCH3 is 1. The van der Waals surface area contributed by atoms with Crippen LogP contribution in [0.5, 0.6) is 5.75 Å². The summed E-state index contributed by atoms with van der Waals surface area (Å²) >= 11 is 0. The van der Waals surface area contributed by atoms with Crippen LogP contribution in [0.1, 0.15) is 32.6 Å². The molecule has 29 heavy (non-hydrogen) atoms. The minimum atomic E-state index is 0.364. The zero-order valence-electron chi connectivity index (χ0n) is 17.5. The van der Waals surface area contributed by atoms with Crippen molar-refractivity contribution in [2.24, 2.45) is 4.99 Å². The second kappa shape index (κ2) is 11.3. The maximum Gasteiger partial charge on any atom is 0.191 e. The van der Waals surface area contributed by atoms with E-state index in [4.69, 9.17) is 9.73 Å². The lowest BCUT2D eigenvalue weighted by Crippen LogP contribution is -2.51. The van der Waals surface area contributed by atoms with Crippen molar-refractivity contribution in [2.75, 3.05) is 38.2 Å². The Morgan fingerprint density at radius 1 is 1.24 bits per heavy atom. The minimum absolute atomic E-state index is 0.364. The Morgan fingerprint density at radius 3 is 2.86 bits per heavy atom. The molecule has 0 radical (unpaired) electrons. The topological polar surface area (TPSA) is 79.6 Å². The van der Waals surface area contributed by atoms with Gasteiger partial charge in [0.25, 0.3) is 0 Å². The fourth-order valence-electron chi connectivity index (χ4n) is 3.65. The highest BCUT2D eigenvalue weighted by atomic mass is 16.5. The highest BCUT2D eigenvalue weighted by Gasteiger charge is 2.22. The van der Waals surface area contributed by atoms with Gasteiger partial charge < -0.3 is 24.8 Å². The fraction of sp³-hybridized carbons (Fsp3) is 0.571. The number of hydrogen-bond acceptors (Lipinski definition) is 5. The molecule has 0 aliphatic carbocycles. The molecule has 1 fully saturated rings. The lowest BCUT2D eigenvalue weighted by atomic mass is 10.0. The average molecular weight is 400 g/mol. The number of rotatable bonds is 9. The van der Waals surface area contributed by atoms with Gasteiger partial charge in [0, 0.05) is 38.8 Å². The van der Waals surface area contributed by atoms with E-state index in [9.17, 15) is 0 Å². The third-order valence-corrected chi connectivity index (χ3v) is 5.09. The van der Waals surface area contributed by atoms with Gasteiger partial charge >= 0.3 is 0 Å². The molecule has 0 spiro atoms. The molecule has 8 nitrogen and oxygen atoms in total. The van der Waals surface area contributed by atoms with Crippen LogP contribution < -0.4 is 20.3 Å². The van der Waals surface area contributed by atoms with Crippen LogP contribution in [0.25, 0.3) is 0 Å². The number of nitrogens with one attached hydrogen (secondary N) is 2. The van der Waals surface area contributed by atoms with E-state index in [0.717, 1.165) is 75.8 Å². The van der Waals surface area contributed by atoms with E-state index < -0.39 is 0 Å². The maximum atomic E-state index is 5.55. The summed E-state index contributed by atoms with van der Waals surface area (Å²) in [6.07, 6.45) is 7.90. The molecule has 1 aliphatic heterocycles. The molecule has 8 heteroatoms. The summed E-state index contributed by atoms with van der Waals surface area (Å²) in [5.41, 5.74) is 1.16. The summed E-state index contributed by atoms with van der Waals surface area (Å²) in [5, 5.41) is 14.7. The Morgan fingerprint density at radius 2 is 2.07 bits per heavy atom. The van der Waals surface area contributed by atoms with Gasteiger partial charge in [-0.25, -0.2) is 0 Å². The van der Waals surface area contributed by atoms with Crippen molar-refractivity contribution in [2.45, 2.75) is 45.2 Å². The molecule has 0 amide bonds. The van der Waals surface area contributed by atoms with Crippen LogP contribution in [-0.2, 0) is 6.54 Å². The number of anilines is 1. The van der Waals surface area contributed by atoms with Crippen molar-refractivity contribution in [3.05, 3.63) is 36.9 Å². The first-order chi connectivity index (χ1) is 14.3. The number of piperidine rings is 1. The van der Waals surface area contributed by atoms with Crippen LogP contribution in [0.15, 0.2) is 41.9 Å². The van der Waals surface area contributed by atoms with Gasteiger partial charge in [-0.05, 0) is 44.7 Å². The second-order valence-corrected chi connectivity index (χ2v) is 7.27. The molecule has 2 aromatic rings. The van der Waals surface area contributed by atoms with Gasteiger partial charge in [-0.1, -0.05) is 12.1 Å². The van der Waals surface area contributed by atoms with Gasteiger partial charge in [-0.3, -0.25) is 4.99 Å². The van der Waals surface area contributed by atoms with Crippen molar-refractivity contribution < 1.29 is 4.74 Å². The predicted molar refractivity (Wildman–Crippen MR) is 117 cm³/mol. The smallest absolute Gasteiger partial charge is 0.191 e. The maximum absolute atomic E-state index is 5.55. The number of guanidine groups is 1. The Labute approximate surface area is 173 Å². The largest absolute Gasteiger partial charge is 0.495 e. The van der Waals surface area contributed by atoms with Gasteiger partial charge in [0.2, 0.25) is 0 Å². The highest BCUT2D eigenvalue weighted by molar-refractivity contribution is 5.80. The number of benzene rings is 1. The standard InChI is InChI=1S/C21H33N7O/c1-3-22-21(23-12-6-7-13-27-16-24-25-17-27)26-18-9-8-14-28(15-18)19-10-4-5-11-20(19)29-2/h4-5,10-11,16-18H,3,6-9,12-15H2,1-2H3,(H2,22,23,26). The fourth-order valence-corrected chi connectivity index (χ4v) is 3.65. The second-order valence-electron chi connectivity index (χ2n) is 7.27. The SMILES string of the molecule is CCNC(=NCCCCn1cnnc1)NC1CCCN(c2ccccc2OC)C1. The number of para-hydroxylation sites is 2. The molecule has 1 aliphatic rings. The molecule has 1 unspecified atom stereocenters. The third-order valence-electron chi connectivity index (χ3n) is 5.09. The first-order valence-corrected chi connectivity index (χ1v) is 10.6. The Bertz CT molecular complexity index is 747. The molecule has 0 saturated carbocycles. The number of aliphatic imine (C=N–C) groups is 1. The van der Waals surface area contributed by atoms with Crippen LogP contribution in [-0.4, -0.2) is 60.1 Å². The number of nitrogens with zero attached hydrogens (tertiary/aromatic N) is 5. The highest BCUT2D eigenvalue weighted by Crippen LogP contribution is 2.29. The van der Waals surface area contributed by atoms with Crippen molar-refractivity contribution in [3.63, 3.8) is 0 Å². The molecule has 158 valence electrons. The van der Waals surface area contributed by atoms with Crippen molar-refractivity contribution in [1.29, 1.82) is 0 Å². The quantitative estimate of drug-likeness (QED) is 0.383. The average Bonchev–Trinajstić information content (AvgIpc) is 3.27. The zero-order chi connectivity index (χ0) is 20.3. The summed E-state index contributed by atoms with van der Waals surface area (Å²) in [6.45, 7) is 6.69. The van der Waals surface area contributed by atoms with E-state index >= 15 is 0 Å². The molecule has 2 N–H and O–H groups in total. The minimum Gasteiger partial charge on any atom is -0.495 e. The number of aromatic nitrogens is 3. The summed E-state index contributed by atoms with van der Waals surface area (Å²) in [5.74, 6) is 1.84. The van der Waals surface area contributed by atoms with Gasteiger partial charge in [0.1, 0.15) is 18.4 Å². The summed E-state index contributed by atoms with van der Waals surface area (Å²) in [4.78, 5) is 7.17. The molecule has 1 saturated heterocycles. The summed E-state index contributed by atoms with van der Waals surface area (Å²) < 4.78 is 7.55. The zero-order valence-corrected chi connectivity index (χ0v) is 17.5. The molecule has 0 bridgehead atoms. The van der Waals surface area contributed by atoms with Crippen LogP contribution in [0.2, 0.25) is 0 Å². The van der Waals surface area contributed by atoms with Gasteiger partial charge in [0.15, 0.2) is 5.96 Å². The Balaban J connectivity index is 1.50.